The summed E-state index contributed by atoms with van der Waals surface area (Å²) in [5.41, 5.74) is -6.02. The van der Waals surface area contributed by atoms with Gasteiger partial charge in [0.1, 0.15) is 52.7 Å². The number of benzene rings is 4. The molecule has 77 heavy (non-hydrogen) atoms. The van der Waals surface area contributed by atoms with E-state index in [0.717, 1.165) is 0 Å². The summed E-state index contributed by atoms with van der Waals surface area (Å²) in [6, 6.07) is 4.85. The Balaban J connectivity index is 2.66. The molecule has 0 N–H and O–H groups in total. The molecule has 4 aromatic rings. The van der Waals surface area contributed by atoms with E-state index >= 15 is 52.7 Å². The van der Waals surface area contributed by atoms with Gasteiger partial charge in [-0.25, -0.2) is 52.7 Å². The second-order valence-corrected chi connectivity index (χ2v) is 41.0. The van der Waals surface area contributed by atoms with Crippen LogP contribution >= 0.6 is 0 Å². The van der Waals surface area contributed by atoms with Crippen LogP contribution in [0.25, 0.3) is 0 Å². The summed E-state index contributed by atoms with van der Waals surface area (Å²) >= 11 is 0. The van der Waals surface area contributed by atoms with Crippen LogP contribution in [0.1, 0.15) is 160 Å². The highest BCUT2D eigenvalue weighted by atomic mass is 28.3. The lowest BCUT2D eigenvalue weighted by Crippen LogP contribution is -2.79. The molecule has 0 atom stereocenters. The quantitative estimate of drug-likeness (QED) is 0.0260. The van der Waals surface area contributed by atoms with E-state index in [1.54, 1.807) is 83.1 Å². The zero-order valence-corrected chi connectivity index (χ0v) is 52.4. The standard InChI is InChI=1S/C60H88BF12Si4/c1-13-25-74(26-14-2,27-15-3)57-45(62)37-41(49(66)53(57)70)61(42-38-46(63)58(54(71)50(42)67)75(28-16-4,29-17-5)30-18-6,43-39-47(64)59(55(72)51(43)68)76(31-19-7,32-20-8)33-21-9)44-40-48(65)60(56(73)52(44)69)77(34-22-10,35-23-11)36-24-12/h37-40H,13-36H2,1-12H3/q-1. The SMILES string of the molecule is CCC[Si](CCC)(CCC)c1c(F)cc([B-](c2cc(F)c([Si](CCC)(CCC)CCC)c(F)c2F)(c2cc(F)c([Si](CCC)(CCC)CCC)c(F)c2F)c2cc(F)c([Si](CCC)(CCC)CCC)c(F)c2F)c(F)c1F. The molecule has 0 aliphatic heterocycles. The van der Waals surface area contributed by atoms with Gasteiger partial charge < -0.3 is 0 Å². The Morgan fingerprint density at radius 2 is 0.364 bits per heavy atom. The Kier molecular flexibility index (Phi) is 24.7. The Bertz CT molecular complexity index is 2200. The smallest absolute Gasteiger partial charge is 0.157 e. The fourth-order valence-corrected chi connectivity index (χ4v) is 37.5. The molecule has 0 saturated heterocycles. The van der Waals surface area contributed by atoms with Gasteiger partial charge in [-0.2, -0.15) is 21.9 Å². The van der Waals surface area contributed by atoms with Gasteiger partial charge in [0.2, 0.25) is 0 Å². The summed E-state index contributed by atoms with van der Waals surface area (Å²) < 4.78 is 218. The summed E-state index contributed by atoms with van der Waals surface area (Å²) in [5.74, 6) is -21.3. The first-order valence-electron chi connectivity index (χ1n) is 29.5. The normalized spacial score (nSPS) is 12.9. The van der Waals surface area contributed by atoms with Crippen LogP contribution in [0.3, 0.4) is 0 Å². The van der Waals surface area contributed by atoms with Crippen LogP contribution in [0.5, 0.6) is 0 Å². The maximum atomic E-state index is 18.5. The summed E-state index contributed by atoms with van der Waals surface area (Å²) in [6.45, 7) is 21.7. The summed E-state index contributed by atoms with van der Waals surface area (Å²) in [7, 11) is -13.6. The minimum Gasteiger partial charge on any atom is -0.207 e. The highest BCUT2D eigenvalue weighted by molar-refractivity contribution is 7.20. The van der Waals surface area contributed by atoms with Crippen LogP contribution in [0.15, 0.2) is 24.3 Å². The van der Waals surface area contributed by atoms with Crippen molar-refractivity contribution in [3.63, 3.8) is 0 Å². The summed E-state index contributed by atoms with van der Waals surface area (Å²) in [6.07, 6.45) is 0.0153. The molecule has 0 aliphatic carbocycles. The maximum absolute atomic E-state index is 18.5. The van der Waals surface area contributed by atoms with Crippen LogP contribution in [-0.4, -0.2) is 38.4 Å². The van der Waals surface area contributed by atoms with Crippen molar-refractivity contribution in [1.82, 2.24) is 0 Å². The molecule has 0 spiro atoms. The van der Waals surface area contributed by atoms with Crippen molar-refractivity contribution < 1.29 is 52.7 Å². The first-order valence-corrected chi connectivity index (χ1v) is 39.9. The molecule has 0 amide bonds. The predicted molar refractivity (Wildman–Crippen MR) is 312 cm³/mol. The Labute approximate surface area is 458 Å². The molecule has 4 rings (SSSR count). The van der Waals surface area contributed by atoms with Crippen LogP contribution in [0.2, 0.25) is 72.5 Å². The fourth-order valence-electron chi connectivity index (χ4n) is 15.4. The number of hydrogen-bond donors (Lipinski definition) is 0. The lowest BCUT2D eigenvalue weighted by atomic mass is 9.12. The largest absolute Gasteiger partial charge is 0.207 e. The fraction of sp³-hybridized carbons (Fsp3) is 0.600. The Morgan fingerprint density at radius 1 is 0.234 bits per heavy atom. The van der Waals surface area contributed by atoms with Crippen molar-refractivity contribution in [2.24, 2.45) is 0 Å². The van der Waals surface area contributed by atoms with Gasteiger partial charge in [0.05, 0.1) is 32.3 Å². The highest BCUT2D eigenvalue weighted by Gasteiger charge is 2.50. The molecule has 4 aromatic carbocycles. The summed E-state index contributed by atoms with van der Waals surface area (Å²) in [4.78, 5) is 0. The molecular weight excluding hydrogens is 1070 g/mol. The van der Waals surface area contributed by atoms with E-state index < -0.39 is 151 Å². The van der Waals surface area contributed by atoms with Crippen molar-refractivity contribution in [2.75, 3.05) is 0 Å². The molecule has 0 unspecified atom stereocenters. The first kappa shape index (κ1) is 66.5. The number of rotatable bonds is 32. The zero-order valence-electron chi connectivity index (χ0n) is 48.4. The molecule has 0 bridgehead atoms. The van der Waals surface area contributed by atoms with Gasteiger partial charge in [-0.3, -0.25) is 0 Å². The Morgan fingerprint density at radius 3 is 0.481 bits per heavy atom. The van der Waals surface area contributed by atoms with Crippen molar-refractivity contribution in [3.8, 4) is 0 Å². The molecule has 17 heteroatoms. The van der Waals surface area contributed by atoms with Gasteiger partial charge in [0, 0.05) is 20.7 Å². The molecule has 0 radical (unpaired) electrons. The van der Waals surface area contributed by atoms with Crippen molar-refractivity contribution >= 4 is 81.0 Å². The van der Waals surface area contributed by atoms with Crippen LogP contribution in [-0.2, 0) is 0 Å². The van der Waals surface area contributed by atoms with E-state index in [1.165, 1.54) is 0 Å². The van der Waals surface area contributed by atoms with E-state index in [9.17, 15) is 0 Å². The highest BCUT2D eigenvalue weighted by Crippen LogP contribution is 2.35. The van der Waals surface area contributed by atoms with Gasteiger partial charge in [0.25, 0.3) is 0 Å². The molecule has 0 fully saturated rings. The number of hydrogen-bond acceptors (Lipinski definition) is 0. The Hall–Kier alpha value is -3.03. The minimum absolute atomic E-state index is 0.278. The molecule has 0 aromatic heterocycles. The third-order valence-corrected chi connectivity index (χ3v) is 41.0. The van der Waals surface area contributed by atoms with E-state index in [1.807, 2.05) is 0 Å². The predicted octanol–water partition coefficient (Wildman–Crippen LogP) is 16.3. The van der Waals surface area contributed by atoms with E-state index in [4.69, 9.17) is 0 Å². The lowest BCUT2D eigenvalue weighted by Gasteiger charge is -2.46. The zero-order chi connectivity index (χ0) is 57.8. The molecule has 0 nitrogen and oxygen atoms in total. The van der Waals surface area contributed by atoms with E-state index in [2.05, 4.69) is 0 Å². The van der Waals surface area contributed by atoms with Gasteiger partial charge in [-0.05, 0) is 0 Å². The van der Waals surface area contributed by atoms with Gasteiger partial charge in [-0.15, -0.1) is 0 Å². The molecule has 0 heterocycles. The molecule has 432 valence electrons. The topological polar surface area (TPSA) is 0 Å². The maximum Gasteiger partial charge on any atom is 0.157 e. The lowest BCUT2D eigenvalue weighted by molar-refractivity contribution is 0.501. The monoisotopic (exact) mass is 1160 g/mol. The minimum atomic E-state index is -5.17. The molecule has 0 saturated carbocycles. The second-order valence-electron chi connectivity index (χ2n) is 22.8. The van der Waals surface area contributed by atoms with E-state index in [-0.39, 0.29) is 72.5 Å². The third-order valence-electron chi connectivity index (χ3n) is 17.5. The average Bonchev–Trinajstić information content (AvgIpc) is 3.45. The van der Waals surface area contributed by atoms with E-state index in [0.29, 0.717) is 101 Å². The first-order chi connectivity index (χ1) is 36.6. The van der Waals surface area contributed by atoms with Crippen molar-refractivity contribution in [1.29, 1.82) is 0 Å². The van der Waals surface area contributed by atoms with Crippen molar-refractivity contribution in [3.05, 3.63) is 94.1 Å². The second kappa shape index (κ2) is 28.6. The van der Waals surface area contributed by atoms with Gasteiger partial charge in [0.15, 0.2) is 23.3 Å². The average molecular weight is 1160 g/mol. The van der Waals surface area contributed by atoms with Crippen LogP contribution < -0.4 is 42.6 Å². The summed E-state index contributed by atoms with van der Waals surface area (Å²) in [5, 5.41) is -2.44. The molecule has 0 aliphatic rings. The number of halogens is 12. The molecular formula is C60H88BF12Si4-. The third kappa shape index (κ3) is 12.3. The van der Waals surface area contributed by atoms with Gasteiger partial charge >= 0.3 is 0 Å². The van der Waals surface area contributed by atoms with Crippen LogP contribution in [0.4, 0.5) is 52.7 Å². The van der Waals surface area contributed by atoms with Crippen molar-refractivity contribution in [2.45, 2.75) is 233 Å². The van der Waals surface area contributed by atoms with Crippen LogP contribution in [0, 0.1) is 69.8 Å². The van der Waals surface area contributed by atoms with Gasteiger partial charge in [-0.1, -0.05) is 257 Å².